The molecular weight excluding hydrogens is 308 g/mol. The Hall–Kier alpha value is -1.88. The van der Waals surface area contributed by atoms with E-state index < -0.39 is 0 Å². The third kappa shape index (κ3) is 2.46. The monoisotopic (exact) mass is 318 g/mol. The molecule has 1 aromatic heterocycles. The maximum absolute atomic E-state index is 12.2. The minimum Gasteiger partial charge on any atom is -0.493 e. The first-order chi connectivity index (χ1) is 9.24. The number of benzene rings is 1. The molecule has 96 valence electrons. The molecule has 3 rings (SSSR count). The van der Waals surface area contributed by atoms with Crippen molar-refractivity contribution >= 4 is 27.5 Å². The van der Waals surface area contributed by atoms with Crippen LogP contribution in [0.1, 0.15) is 15.9 Å². The fourth-order valence-corrected chi connectivity index (χ4v) is 2.35. The third-order valence-electron chi connectivity index (χ3n) is 2.96. The van der Waals surface area contributed by atoms with E-state index in [9.17, 15) is 4.79 Å². The minimum absolute atomic E-state index is 0.150. The standard InChI is InChI=1S/C14H11BrN2O2/c15-13-11(2-1-6-16-13)17-14(18)10-3-4-12-9(8-10)5-7-19-12/h1-4,6,8H,5,7H2,(H,17,18). The Bertz CT molecular complexity index is 643. The predicted octanol–water partition coefficient (Wildman–Crippen LogP) is 3.03. The quantitative estimate of drug-likeness (QED) is 0.866. The van der Waals surface area contributed by atoms with Crippen LogP contribution in [0.2, 0.25) is 0 Å². The highest BCUT2D eigenvalue weighted by Gasteiger charge is 2.15. The van der Waals surface area contributed by atoms with Crippen LogP contribution in [0, 0.1) is 0 Å². The molecule has 0 radical (unpaired) electrons. The molecule has 1 N–H and O–H groups in total. The van der Waals surface area contributed by atoms with Crippen molar-refractivity contribution in [2.75, 3.05) is 11.9 Å². The van der Waals surface area contributed by atoms with Crippen molar-refractivity contribution in [1.29, 1.82) is 0 Å². The topological polar surface area (TPSA) is 51.2 Å². The van der Waals surface area contributed by atoms with E-state index in [0.29, 0.717) is 22.5 Å². The number of anilines is 1. The Labute approximate surface area is 118 Å². The van der Waals surface area contributed by atoms with Crippen LogP contribution in [0.25, 0.3) is 0 Å². The molecule has 0 unspecified atom stereocenters. The van der Waals surface area contributed by atoms with Crippen LogP contribution < -0.4 is 10.1 Å². The lowest BCUT2D eigenvalue weighted by atomic mass is 10.1. The second-order valence-electron chi connectivity index (χ2n) is 4.22. The van der Waals surface area contributed by atoms with Gasteiger partial charge in [0.1, 0.15) is 10.4 Å². The van der Waals surface area contributed by atoms with Gasteiger partial charge < -0.3 is 10.1 Å². The predicted molar refractivity (Wildman–Crippen MR) is 75.5 cm³/mol. The Balaban J connectivity index is 1.83. The first kappa shape index (κ1) is 12.2. The van der Waals surface area contributed by atoms with Gasteiger partial charge >= 0.3 is 0 Å². The summed E-state index contributed by atoms with van der Waals surface area (Å²) in [5, 5.41) is 2.83. The Kier molecular flexibility index (Phi) is 3.21. The number of carbonyl (C=O) groups is 1. The number of nitrogens with one attached hydrogen (secondary N) is 1. The van der Waals surface area contributed by atoms with Gasteiger partial charge in [-0.05, 0) is 51.8 Å². The molecule has 1 aliphatic rings. The zero-order chi connectivity index (χ0) is 13.2. The van der Waals surface area contributed by atoms with Gasteiger partial charge in [0, 0.05) is 18.2 Å². The lowest BCUT2D eigenvalue weighted by Crippen LogP contribution is -2.12. The number of carbonyl (C=O) groups excluding carboxylic acids is 1. The van der Waals surface area contributed by atoms with Crippen molar-refractivity contribution < 1.29 is 9.53 Å². The molecule has 19 heavy (non-hydrogen) atoms. The lowest BCUT2D eigenvalue weighted by Gasteiger charge is -2.07. The van der Waals surface area contributed by atoms with Gasteiger partial charge in [-0.3, -0.25) is 4.79 Å². The molecule has 5 heteroatoms. The average Bonchev–Trinajstić information content (AvgIpc) is 2.88. The number of amides is 1. The molecule has 4 nitrogen and oxygen atoms in total. The van der Waals surface area contributed by atoms with Crippen LogP contribution in [0.3, 0.4) is 0 Å². The molecule has 0 saturated carbocycles. The summed E-state index contributed by atoms with van der Waals surface area (Å²) in [5.41, 5.74) is 2.36. The second kappa shape index (κ2) is 5.01. The van der Waals surface area contributed by atoms with Gasteiger partial charge in [-0.2, -0.15) is 0 Å². The largest absolute Gasteiger partial charge is 0.493 e. The number of aromatic nitrogens is 1. The Morgan fingerprint density at radius 2 is 2.26 bits per heavy atom. The molecular formula is C14H11BrN2O2. The number of hydrogen-bond donors (Lipinski definition) is 1. The van der Waals surface area contributed by atoms with Crippen molar-refractivity contribution in [1.82, 2.24) is 4.98 Å². The number of rotatable bonds is 2. The van der Waals surface area contributed by atoms with E-state index in [0.717, 1.165) is 17.7 Å². The summed E-state index contributed by atoms with van der Waals surface area (Å²) >= 11 is 3.30. The van der Waals surface area contributed by atoms with Crippen LogP contribution in [0.15, 0.2) is 41.1 Å². The van der Waals surface area contributed by atoms with Crippen LogP contribution in [-0.2, 0) is 6.42 Å². The number of hydrogen-bond acceptors (Lipinski definition) is 3. The molecule has 2 aromatic rings. The van der Waals surface area contributed by atoms with E-state index in [2.05, 4.69) is 26.2 Å². The van der Waals surface area contributed by atoms with E-state index in [1.165, 1.54) is 0 Å². The van der Waals surface area contributed by atoms with Gasteiger partial charge in [0.15, 0.2) is 0 Å². The summed E-state index contributed by atoms with van der Waals surface area (Å²) < 4.78 is 6.04. The van der Waals surface area contributed by atoms with E-state index in [1.807, 2.05) is 12.1 Å². The smallest absolute Gasteiger partial charge is 0.255 e. The molecule has 0 saturated heterocycles. The fourth-order valence-electron chi connectivity index (χ4n) is 2.00. The van der Waals surface area contributed by atoms with Gasteiger partial charge in [0.05, 0.1) is 12.3 Å². The summed E-state index contributed by atoms with van der Waals surface area (Å²) in [6, 6.07) is 9.06. The zero-order valence-corrected chi connectivity index (χ0v) is 11.6. The summed E-state index contributed by atoms with van der Waals surface area (Å²) in [7, 11) is 0. The highest BCUT2D eigenvalue weighted by Crippen LogP contribution is 2.26. The first-order valence-electron chi connectivity index (χ1n) is 5.91. The van der Waals surface area contributed by atoms with Gasteiger partial charge in [-0.15, -0.1) is 0 Å². The van der Waals surface area contributed by atoms with Crippen LogP contribution in [0.5, 0.6) is 5.75 Å². The number of pyridine rings is 1. The highest BCUT2D eigenvalue weighted by molar-refractivity contribution is 9.10. The minimum atomic E-state index is -0.150. The van der Waals surface area contributed by atoms with Gasteiger partial charge in [0.2, 0.25) is 0 Å². The van der Waals surface area contributed by atoms with Gasteiger partial charge in [-0.1, -0.05) is 0 Å². The van der Waals surface area contributed by atoms with Gasteiger partial charge in [0.25, 0.3) is 5.91 Å². The van der Waals surface area contributed by atoms with E-state index in [1.54, 1.807) is 24.4 Å². The van der Waals surface area contributed by atoms with Crippen LogP contribution in [-0.4, -0.2) is 17.5 Å². The van der Waals surface area contributed by atoms with Crippen molar-refractivity contribution in [2.24, 2.45) is 0 Å². The number of halogens is 1. The molecule has 1 aliphatic heterocycles. The molecule has 1 aromatic carbocycles. The Morgan fingerprint density at radius 1 is 1.37 bits per heavy atom. The molecule has 2 heterocycles. The third-order valence-corrected chi connectivity index (χ3v) is 3.59. The first-order valence-corrected chi connectivity index (χ1v) is 6.71. The summed E-state index contributed by atoms with van der Waals surface area (Å²) in [6.45, 7) is 0.689. The lowest BCUT2D eigenvalue weighted by molar-refractivity contribution is 0.102. The van der Waals surface area contributed by atoms with E-state index >= 15 is 0 Å². The molecule has 0 spiro atoms. The summed E-state index contributed by atoms with van der Waals surface area (Å²) in [5.74, 6) is 0.725. The molecule has 0 bridgehead atoms. The average molecular weight is 319 g/mol. The number of ether oxygens (including phenoxy) is 1. The SMILES string of the molecule is O=C(Nc1cccnc1Br)c1ccc2c(c1)CCO2. The Morgan fingerprint density at radius 3 is 3.11 bits per heavy atom. The normalized spacial score (nSPS) is 12.7. The van der Waals surface area contributed by atoms with Crippen molar-refractivity contribution in [3.05, 3.63) is 52.3 Å². The highest BCUT2D eigenvalue weighted by atomic mass is 79.9. The maximum Gasteiger partial charge on any atom is 0.255 e. The maximum atomic E-state index is 12.2. The van der Waals surface area contributed by atoms with Crippen molar-refractivity contribution in [2.45, 2.75) is 6.42 Å². The zero-order valence-electron chi connectivity index (χ0n) is 10.0. The summed E-state index contributed by atoms with van der Waals surface area (Å²) in [4.78, 5) is 16.2. The number of nitrogens with zero attached hydrogens (tertiary/aromatic N) is 1. The number of fused-ring (bicyclic) bond motifs is 1. The molecule has 1 amide bonds. The van der Waals surface area contributed by atoms with E-state index in [4.69, 9.17) is 4.74 Å². The fraction of sp³-hybridized carbons (Fsp3) is 0.143. The second-order valence-corrected chi connectivity index (χ2v) is 4.97. The molecule has 0 atom stereocenters. The summed E-state index contributed by atoms with van der Waals surface area (Å²) in [6.07, 6.45) is 2.51. The van der Waals surface area contributed by atoms with Crippen molar-refractivity contribution in [3.8, 4) is 5.75 Å². The van der Waals surface area contributed by atoms with E-state index in [-0.39, 0.29) is 5.91 Å². The molecule has 0 aliphatic carbocycles. The van der Waals surface area contributed by atoms with Crippen LogP contribution in [0.4, 0.5) is 5.69 Å². The molecule has 0 fully saturated rings. The van der Waals surface area contributed by atoms with Gasteiger partial charge in [-0.25, -0.2) is 4.98 Å². The van der Waals surface area contributed by atoms with Crippen LogP contribution >= 0.6 is 15.9 Å². The van der Waals surface area contributed by atoms with Crippen molar-refractivity contribution in [3.63, 3.8) is 0 Å².